The van der Waals surface area contributed by atoms with E-state index in [1.165, 1.54) is 4.31 Å². The molecular formula is C20H24BrN3O3S. The number of rotatable bonds is 6. The minimum absolute atomic E-state index is 0.198. The summed E-state index contributed by atoms with van der Waals surface area (Å²) < 4.78 is 27.6. The maximum Gasteiger partial charge on any atom is 0.246 e. The second kappa shape index (κ2) is 8.63. The SMILES string of the molecule is Cc1cc(NC(C)C(=O)Nc2ccc(S(=O)(=O)N3CCCC3)cc2)ccc1Br. The molecule has 6 nitrogen and oxygen atoms in total. The van der Waals surface area contributed by atoms with Crippen molar-refractivity contribution >= 4 is 43.2 Å². The Labute approximate surface area is 174 Å². The lowest BCUT2D eigenvalue weighted by Gasteiger charge is -2.17. The van der Waals surface area contributed by atoms with E-state index in [0.717, 1.165) is 28.6 Å². The highest BCUT2D eigenvalue weighted by atomic mass is 79.9. The van der Waals surface area contributed by atoms with E-state index in [0.29, 0.717) is 18.8 Å². The van der Waals surface area contributed by atoms with Crippen molar-refractivity contribution in [2.75, 3.05) is 23.7 Å². The number of carbonyl (C=O) groups excluding carboxylic acids is 1. The number of hydrogen-bond donors (Lipinski definition) is 2. The Bertz CT molecular complexity index is 955. The van der Waals surface area contributed by atoms with E-state index >= 15 is 0 Å². The number of nitrogens with zero attached hydrogens (tertiary/aromatic N) is 1. The van der Waals surface area contributed by atoms with Crippen LogP contribution in [0.1, 0.15) is 25.3 Å². The molecule has 1 saturated heterocycles. The first-order valence-corrected chi connectivity index (χ1v) is 11.4. The Kier molecular flexibility index (Phi) is 6.42. The third-order valence-corrected chi connectivity index (χ3v) is 7.56. The average Bonchev–Trinajstić information content (AvgIpc) is 3.21. The minimum atomic E-state index is -3.44. The van der Waals surface area contributed by atoms with Gasteiger partial charge < -0.3 is 10.6 Å². The molecule has 2 N–H and O–H groups in total. The van der Waals surface area contributed by atoms with Crippen LogP contribution in [-0.2, 0) is 14.8 Å². The predicted molar refractivity (Wildman–Crippen MR) is 115 cm³/mol. The molecule has 1 atom stereocenters. The molecule has 28 heavy (non-hydrogen) atoms. The zero-order valence-electron chi connectivity index (χ0n) is 15.9. The van der Waals surface area contributed by atoms with Gasteiger partial charge in [0.15, 0.2) is 0 Å². The normalized spacial score (nSPS) is 16.0. The molecule has 0 aromatic heterocycles. The largest absolute Gasteiger partial charge is 0.374 e. The van der Waals surface area contributed by atoms with Gasteiger partial charge in [-0.1, -0.05) is 15.9 Å². The quantitative estimate of drug-likeness (QED) is 0.675. The second-order valence-electron chi connectivity index (χ2n) is 6.95. The van der Waals surface area contributed by atoms with Crippen molar-refractivity contribution in [1.82, 2.24) is 4.31 Å². The molecular weight excluding hydrogens is 442 g/mol. The summed E-state index contributed by atoms with van der Waals surface area (Å²) in [4.78, 5) is 12.7. The molecule has 2 aromatic rings. The van der Waals surface area contributed by atoms with E-state index in [9.17, 15) is 13.2 Å². The molecule has 1 heterocycles. The fourth-order valence-corrected chi connectivity index (χ4v) is 4.85. The number of benzene rings is 2. The molecule has 150 valence electrons. The van der Waals surface area contributed by atoms with Crippen LogP contribution in [0.25, 0.3) is 0 Å². The maximum absolute atomic E-state index is 12.6. The fraction of sp³-hybridized carbons (Fsp3) is 0.350. The van der Waals surface area contributed by atoms with Crippen LogP contribution in [0.3, 0.4) is 0 Å². The molecule has 1 aliphatic rings. The number of hydrogen-bond acceptors (Lipinski definition) is 4. The lowest BCUT2D eigenvalue weighted by Crippen LogP contribution is -2.32. The Morgan fingerprint density at radius 1 is 1.07 bits per heavy atom. The van der Waals surface area contributed by atoms with Gasteiger partial charge in [-0.05, 0) is 74.7 Å². The Morgan fingerprint density at radius 3 is 2.29 bits per heavy atom. The zero-order chi connectivity index (χ0) is 20.3. The van der Waals surface area contributed by atoms with Crippen molar-refractivity contribution in [3.8, 4) is 0 Å². The van der Waals surface area contributed by atoms with Crippen molar-refractivity contribution < 1.29 is 13.2 Å². The monoisotopic (exact) mass is 465 g/mol. The van der Waals surface area contributed by atoms with Crippen molar-refractivity contribution in [2.45, 2.75) is 37.6 Å². The molecule has 1 unspecified atom stereocenters. The molecule has 1 amide bonds. The van der Waals surface area contributed by atoms with E-state index in [2.05, 4.69) is 26.6 Å². The van der Waals surface area contributed by atoms with Crippen LogP contribution in [0.2, 0.25) is 0 Å². The molecule has 1 fully saturated rings. The van der Waals surface area contributed by atoms with E-state index < -0.39 is 16.1 Å². The molecule has 1 aliphatic heterocycles. The molecule has 0 aliphatic carbocycles. The van der Waals surface area contributed by atoms with Crippen LogP contribution in [0, 0.1) is 6.92 Å². The van der Waals surface area contributed by atoms with Crippen molar-refractivity contribution in [1.29, 1.82) is 0 Å². The van der Waals surface area contributed by atoms with E-state index in [-0.39, 0.29) is 10.8 Å². The molecule has 0 spiro atoms. The van der Waals surface area contributed by atoms with E-state index in [1.807, 2.05) is 25.1 Å². The molecule has 2 aromatic carbocycles. The van der Waals surface area contributed by atoms with Crippen LogP contribution in [0.15, 0.2) is 51.8 Å². The third kappa shape index (κ3) is 4.74. The predicted octanol–water partition coefficient (Wildman–Crippen LogP) is 3.98. The summed E-state index contributed by atoms with van der Waals surface area (Å²) in [5.41, 5.74) is 2.49. The summed E-state index contributed by atoms with van der Waals surface area (Å²) in [6.07, 6.45) is 1.80. The summed E-state index contributed by atoms with van der Waals surface area (Å²) in [6, 6.07) is 11.7. The Balaban J connectivity index is 1.62. The summed E-state index contributed by atoms with van der Waals surface area (Å²) >= 11 is 3.46. The number of aryl methyl sites for hydroxylation is 1. The average molecular weight is 466 g/mol. The number of carbonyl (C=O) groups is 1. The highest BCUT2D eigenvalue weighted by Crippen LogP contribution is 2.23. The number of nitrogens with one attached hydrogen (secondary N) is 2. The molecule has 0 bridgehead atoms. The van der Waals surface area contributed by atoms with Crippen LogP contribution < -0.4 is 10.6 Å². The molecule has 0 radical (unpaired) electrons. The standard InChI is InChI=1S/C20H24BrN3O3S/c1-14-13-17(7-10-19(14)21)22-15(2)20(25)23-16-5-8-18(9-6-16)28(26,27)24-11-3-4-12-24/h5-10,13,15,22H,3-4,11-12H2,1-2H3,(H,23,25). The second-order valence-corrected chi connectivity index (χ2v) is 9.75. The summed E-state index contributed by atoms with van der Waals surface area (Å²) in [5.74, 6) is -0.198. The highest BCUT2D eigenvalue weighted by molar-refractivity contribution is 9.10. The number of anilines is 2. The first kappa shape index (κ1) is 20.8. The third-order valence-electron chi connectivity index (χ3n) is 4.76. The van der Waals surface area contributed by atoms with Crippen molar-refractivity contribution in [3.63, 3.8) is 0 Å². The summed E-state index contributed by atoms with van der Waals surface area (Å²) in [6.45, 7) is 4.90. The Hall–Kier alpha value is -1.90. The van der Waals surface area contributed by atoms with E-state index in [1.54, 1.807) is 31.2 Å². The number of halogens is 1. The lowest BCUT2D eigenvalue weighted by atomic mass is 10.2. The van der Waals surface area contributed by atoms with Gasteiger partial charge in [-0.3, -0.25) is 4.79 Å². The molecule has 3 rings (SSSR count). The van der Waals surface area contributed by atoms with Gasteiger partial charge in [0.25, 0.3) is 0 Å². The van der Waals surface area contributed by atoms with Crippen LogP contribution in [-0.4, -0.2) is 37.8 Å². The van der Waals surface area contributed by atoms with Gasteiger partial charge in [0.2, 0.25) is 15.9 Å². The first-order chi connectivity index (χ1) is 13.3. The van der Waals surface area contributed by atoms with Gasteiger partial charge in [-0.2, -0.15) is 4.31 Å². The zero-order valence-corrected chi connectivity index (χ0v) is 18.3. The van der Waals surface area contributed by atoms with Gasteiger partial charge in [0.1, 0.15) is 6.04 Å². The minimum Gasteiger partial charge on any atom is -0.374 e. The Morgan fingerprint density at radius 2 is 1.68 bits per heavy atom. The maximum atomic E-state index is 12.6. The first-order valence-electron chi connectivity index (χ1n) is 9.21. The highest BCUT2D eigenvalue weighted by Gasteiger charge is 2.27. The van der Waals surface area contributed by atoms with Gasteiger partial charge in [0, 0.05) is 28.9 Å². The van der Waals surface area contributed by atoms with Gasteiger partial charge >= 0.3 is 0 Å². The van der Waals surface area contributed by atoms with Crippen LogP contribution in [0.4, 0.5) is 11.4 Å². The van der Waals surface area contributed by atoms with Crippen LogP contribution in [0.5, 0.6) is 0 Å². The topological polar surface area (TPSA) is 78.5 Å². The van der Waals surface area contributed by atoms with Crippen molar-refractivity contribution in [2.24, 2.45) is 0 Å². The van der Waals surface area contributed by atoms with E-state index in [4.69, 9.17) is 0 Å². The van der Waals surface area contributed by atoms with Crippen molar-refractivity contribution in [3.05, 3.63) is 52.5 Å². The molecule has 0 saturated carbocycles. The summed E-state index contributed by atoms with van der Waals surface area (Å²) in [7, 11) is -3.44. The molecule has 8 heteroatoms. The fourth-order valence-electron chi connectivity index (χ4n) is 3.09. The van der Waals surface area contributed by atoms with Crippen LogP contribution >= 0.6 is 15.9 Å². The smallest absolute Gasteiger partial charge is 0.246 e. The van der Waals surface area contributed by atoms with Gasteiger partial charge in [-0.15, -0.1) is 0 Å². The number of amides is 1. The number of sulfonamides is 1. The van der Waals surface area contributed by atoms with Gasteiger partial charge in [0.05, 0.1) is 4.90 Å². The van der Waals surface area contributed by atoms with Gasteiger partial charge in [-0.25, -0.2) is 8.42 Å². The summed E-state index contributed by atoms with van der Waals surface area (Å²) in [5, 5.41) is 5.98. The lowest BCUT2D eigenvalue weighted by molar-refractivity contribution is -0.116.